The first-order valence-corrected chi connectivity index (χ1v) is 5.34. The van der Waals surface area contributed by atoms with Crippen LogP contribution in [0.1, 0.15) is 33.1 Å². The predicted octanol–water partition coefficient (Wildman–Crippen LogP) is 2.39. The minimum Gasteiger partial charge on any atom is -0.481 e. The summed E-state index contributed by atoms with van der Waals surface area (Å²) in [7, 11) is 0. The van der Waals surface area contributed by atoms with E-state index in [0.717, 1.165) is 6.42 Å². The molecule has 13 heavy (non-hydrogen) atoms. The van der Waals surface area contributed by atoms with E-state index in [2.05, 4.69) is 13.8 Å². The quantitative estimate of drug-likeness (QED) is 0.712. The van der Waals surface area contributed by atoms with Crippen molar-refractivity contribution in [1.82, 2.24) is 0 Å². The normalized spacial score (nSPS) is 43.0. The summed E-state index contributed by atoms with van der Waals surface area (Å²) in [5.41, 5.74) is 0. The lowest BCUT2D eigenvalue weighted by Gasteiger charge is -2.30. The highest BCUT2D eigenvalue weighted by molar-refractivity contribution is 5.71. The first-order valence-electron chi connectivity index (χ1n) is 5.34. The maximum Gasteiger partial charge on any atom is 0.307 e. The summed E-state index contributed by atoms with van der Waals surface area (Å²) in [5, 5.41) is 9.15. The largest absolute Gasteiger partial charge is 0.481 e. The van der Waals surface area contributed by atoms with E-state index in [-0.39, 0.29) is 5.92 Å². The van der Waals surface area contributed by atoms with E-state index in [1.165, 1.54) is 12.8 Å². The van der Waals surface area contributed by atoms with Crippen LogP contribution < -0.4 is 0 Å². The zero-order valence-electron chi connectivity index (χ0n) is 8.36. The molecule has 0 radical (unpaired) electrons. The van der Waals surface area contributed by atoms with Crippen molar-refractivity contribution in [3.05, 3.63) is 0 Å². The molecule has 0 aliphatic heterocycles. The van der Waals surface area contributed by atoms with Gasteiger partial charge in [0.2, 0.25) is 0 Å². The number of carboxylic acid groups (broad SMARTS) is 1. The molecule has 1 N–H and O–H groups in total. The van der Waals surface area contributed by atoms with Crippen molar-refractivity contribution in [2.45, 2.75) is 33.1 Å². The van der Waals surface area contributed by atoms with Gasteiger partial charge < -0.3 is 5.11 Å². The third kappa shape index (κ3) is 1.27. The molecule has 2 bridgehead atoms. The van der Waals surface area contributed by atoms with Gasteiger partial charge in [-0.15, -0.1) is 0 Å². The van der Waals surface area contributed by atoms with Crippen LogP contribution in [0, 0.1) is 29.6 Å². The molecule has 0 saturated heterocycles. The molecule has 2 nitrogen and oxygen atoms in total. The molecular weight excluding hydrogens is 164 g/mol. The topological polar surface area (TPSA) is 37.3 Å². The number of hydrogen-bond donors (Lipinski definition) is 1. The third-order valence-electron chi connectivity index (χ3n) is 4.04. The summed E-state index contributed by atoms with van der Waals surface area (Å²) in [4.78, 5) is 11.1. The average Bonchev–Trinajstić information content (AvgIpc) is 2.60. The van der Waals surface area contributed by atoms with E-state index in [0.29, 0.717) is 23.7 Å². The fraction of sp³-hybridized carbons (Fsp3) is 0.909. The van der Waals surface area contributed by atoms with Crippen LogP contribution in [-0.4, -0.2) is 11.1 Å². The van der Waals surface area contributed by atoms with Crippen molar-refractivity contribution >= 4 is 5.97 Å². The SMILES string of the molecule is CC(C)C1C2CCC(C2)C1C(=O)O. The number of carbonyl (C=O) groups is 1. The van der Waals surface area contributed by atoms with Crippen LogP contribution in [0.5, 0.6) is 0 Å². The van der Waals surface area contributed by atoms with Crippen LogP contribution in [0.25, 0.3) is 0 Å². The molecule has 74 valence electrons. The van der Waals surface area contributed by atoms with Crippen LogP contribution in [-0.2, 0) is 4.79 Å². The number of hydrogen-bond acceptors (Lipinski definition) is 1. The van der Waals surface area contributed by atoms with Crippen LogP contribution in [0.3, 0.4) is 0 Å². The van der Waals surface area contributed by atoms with Gasteiger partial charge in [-0.25, -0.2) is 0 Å². The summed E-state index contributed by atoms with van der Waals surface area (Å²) >= 11 is 0. The molecule has 2 aliphatic rings. The van der Waals surface area contributed by atoms with Crippen molar-refractivity contribution < 1.29 is 9.90 Å². The Morgan fingerprint density at radius 1 is 1.31 bits per heavy atom. The van der Waals surface area contributed by atoms with E-state index < -0.39 is 5.97 Å². The highest BCUT2D eigenvalue weighted by Crippen LogP contribution is 2.54. The smallest absolute Gasteiger partial charge is 0.307 e. The van der Waals surface area contributed by atoms with Crippen LogP contribution in [0.2, 0.25) is 0 Å². The standard InChI is InChI=1S/C11H18O2/c1-6(2)9-7-3-4-8(5-7)10(9)11(12)13/h6-10H,3-5H2,1-2H3,(H,12,13). The molecule has 2 rings (SSSR count). The molecule has 4 unspecified atom stereocenters. The molecule has 0 aromatic carbocycles. The van der Waals surface area contributed by atoms with Gasteiger partial charge in [-0.05, 0) is 42.9 Å². The molecule has 0 aromatic heterocycles. The van der Waals surface area contributed by atoms with Gasteiger partial charge in [-0.3, -0.25) is 4.79 Å². The molecule has 2 saturated carbocycles. The molecule has 0 amide bonds. The summed E-state index contributed by atoms with van der Waals surface area (Å²) in [6.07, 6.45) is 3.61. The Balaban J connectivity index is 2.20. The molecule has 2 fully saturated rings. The second-order valence-electron chi connectivity index (χ2n) is 5.02. The maximum absolute atomic E-state index is 11.1. The van der Waals surface area contributed by atoms with E-state index in [1.807, 2.05) is 0 Å². The summed E-state index contributed by atoms with van der Waals surface area (Å²) in [6.45, 7) is 4.34. The predicted molar refractivity (Wildman–Crippen MR) is 50.3 cm³/mol. The molecule has 0 spiro atoms. The van der Waals surface area contributed by atoms with Gasteiger partial charge in [0.15, 0.2) is 0 Å². The number of rotatable bonds is 2. The Kier molecular flexibility index (Phi) is 2.09. The molecule has 0 heterocycles. The summed E-state index contributed by atoms with van der Waals surface area (Å²) < 4.78 is 0. The zero-order chi connectivity index (χ0) is 9.59. The number of aliphatic carboxylic acids is 1. The molecule has 2 aliphatic carbocycles. The van der Waals surface area contributed by atoms with E-state index in [4.69, 9.17) is 5.11 Å². The highest BCUT2D eigenvalue weighted by Gasteiger charge is 2.51. The second kappa shape index (κ2) is 3.00. The molecule has 2 heteroatoms. The molecular formula is C11H18O2. The Morgan fingerprint density at radius 3 is 2.38 bits per heavy atom. The fourth-order valence-electron chi connectivity index (χ4n) is 3.66. The van der Waals surface area contributed by atoms with Crippen molar-refractivity contribution in [3.63, 3.8) is 0 Å². The van der Waals surface area contributed by atoms with Gasteiger partial charge in [0.25, 0.3) is 0 Å². The van der Waals surface area contributed by atoms with Gasteiger partial charge in [0.1, 0.15) is 0 Å². The Labute approximate surface area is 79.3 Å². The number of fused-ring (bicyclic) bond motifs is 2. The summed E-state index contributed by atoms with van der Waals surface area (Å²) in [5.74, 6) is 1.62. The van der Waals surface area contributed by atoms with Gasteiger partial charge in [-0.2, -0.15) is 0 Å². The van der Waals surface area contributed by atoms with Gasteiger partial charge in [0, 0.05) is 0 Å². The summed E-state index contributed by atoms with van der Waals surface area (Å²) in [6, 6.07) is 0. The van der Waals surface area contributed by atoms with E-state index in [1.54, 1.807) is 0 Å². The van der Waals surface area contributed by atoms with Crippen molar-refractivity contribution in [1.29, 1.82) is 0 Å². The van der Waals surface area contributed by atoms with Crippen molar-refractivity contribution in [3.8, 4) is 0 Å². The van der Waals surface area contributed by atoms with Crippen LogP contribution >= 0.6 is 0 Å². The van der Waals surface area contributed by atoms with Crippen LogP contribution in [0.4, 0.5) is 0 Å². The van der Waals surface area contributed by atoms with Crippen molar-refractivity contribution in [2.75, 3.05) is 0 Å². The van der Waals surface area contributed by atoms with Gasteiger partial charge in [-0.1, -0.05) is 13.8 Å². The van der Waals surface area contributed by atoms with Crippen molar-refractivity contribution in [2.24, 2.45) is 29.6 Å². The molecule has 4 atom stereocenters. The molecule has 0 aromatic rings. The lowest BCUT2D eigenvalue weighted by Crippen LogP contribution is -2.32. The zero-order valence-corrected chi connectivity index (χ0v) is 8.36. The monoisotopic (exact) mass is 182 g/mol. The lowest BCUT2D eigenvalue weighted by atomic mass is 9.73. The van der Waals surface area contributed by atoms with E-state index in [9.17, 15) is 4.79 Å². The van der Waals surface area contributed by atoms with Gasteiger partial charge in [0.05, 0.1) is 5.92 Å². The first-order chi connectivity index (χ1) is 6.11. The third-order valence-corrected chi connectivity index (χ3v) is 4.04. The van der Waals surface area contributed by atoms with Crippen LogP contribution in [0.15, 0.2) is 0 Å². The Hall–Kier alpha value is -0.530. The van der Waals surface area contributed by atoms with E-state index >= 15 is 0 Å². The maximum atomic E-state index is 11.1. The first kappa shape index (κ1) is 9.04. The lowest BCUT2D eigenvalue weighted by molar-refractivity contribution is -0.146. The highest BCUT2D eigenvalue weighted by atomic mass is 16.4. The fourth-order valence-corrected chi connectivity index (χ4v) is 3.66. The Bertz CT molecular complexity index is 222. The number of carboxylic acids is 1. The van der Waals surface area contributed by atoms with Gasteiger partial charge >= 0.3 is 5.97 Å². The average molecular weight is 182 g/mol. The Morgan fingerprint density at radius 2 is 1.92 bits per heavy atom. The minimum atomic E-state index is -0.550. The second-order valence-corrected chi connectivity index (χ2v) is 5.02. The minimum absolute atomic E-state index is 0.0289.